The smallest absolute Gasteiger partial charge is 1.00 e. The minimum atomic E-state index is -1.16. The van der Waals surface area contributed by atoms with Gasteiger partial charge in [-0.3, -0.25) is 14.4 Å². The number of ether oxygens (including phenoxy) is 1. The van der Waals surface area contributed by atoms with E-state index >= 15 is 0 Å². The van der Waals surface area contributed by atoms with E-state index in [1.54, 1.807) is 52.3 Å². The predicted molar refractivity (Wildman–Crippen MR) is 310 cm³/mol. The standard InChI is InChI=1S/C27H38FN3O4.C22H28FN3O4.C5H11Br.CH2O3.2K.2O2S.H/c1-17(2)13-14-35-24(34)16-22(33)15-21(32)11-12-23-25(18(3)4)29-27(31(5)6)30-26(23)19-7-9-20(28)10-8-19;1-13(2)20-18(10-9-16(27)11-17(28)12-19(29)30)21(25-22(24-20)26(3)4)14-5-7-15(23)8-6-14;1-5(2)3-4-6;2-1-4-3;;;2*1-3-2;/h7-12,17-18,21-22,32-33H,13-16H2,1-6H3;5-10,13,16-17,27-28H,11-12H2,1-4H3,(H,29,30);5H,3-4H2,1-2H3;1,3H;;;;;/q;;;;2*+1;;;-1/p-1/b12-11+;10-9+;;;;;;;/t21-,22-;16-,17-;;;;;;;/m11......./s1. The molecule has 2 aromatic heterocycles. The Morgan fingerprint density at radius 1 is 0.651 bits per heavy atom. The van der Waals surface area contributed by atoms with Crippen LogP contribution in [0.5, 0.6) is 0 Å². The van der Waals surface area contributed by atoms with Gasteiger partial charge in [-0.1, -0.05) is 95.6 Å². The summed E-state index contributed by atoms with van der Waals surface area (Å²) in [6, 6.07) is 12.0. The number of alkyl halides is 1. The van der Waals surface area contributed by atoms with Crippen LogP contribution in [0.1, 0.15) is 130 Å². The number of hydrogen-bond donors (Lipinski definition) is 5. The number of carboxylic acids is 1. The van der Waals surface area contributed by atoms with E-state index in [1.165, 1.54) is 36.8 Å². The maximum atomic E-state index is 13.5. The van der Waals surface area contributed by atoms with Gasteiger partial charge in [0.15, 0.2) is 0 Å². The third kappa shape index (κ3) is 39.5. The van der Waals surface area contributed by atoms with Gasteiger partial charge in [-0.25, -0.2) is 28.7 Å². The molecule has 0 aliphatic carbocycles. The van der Waals surface area contributed by atoms with Gasteiger partial charge in [-0.2, -0.15) is 16.8 Å². The molecule has 2 aromatic carbocycles. The number of carboxylic acid groups (broad SMARTS) is 1. The van der Waals surface area contributed by atoms with Gasteiger partial charge >= 0.3 is 138 Å². The first-order chi connectivity index (χ1) is 38.1. The zero-order chi connectivity index (χ0) is 62.4. The van der Waals surface area contributed by atoms with E-state index in [1.807, 2.05) is 69.7 Å². The van der Waals surface area contributed by atoms with Crippen LogP contribution in [0.4, 0.5) is 20.7 Å². The van der Waals surface area contributed by atoms with E-state index in [2.05, 4.69) is 49.6 Å². The van der Waals surface area contributed by atoms with Crippen molar-refractivity contribution in [3.63, 3.8) is 0 Å². The molecule has 4 aromatic rings. The van der Waals surface area contributed by atoms with Crippen LogP contribution in [-0.2, 0) is 47.2 Å². The average molecular weight is 1320 g/mol. The second-order valence-electron chi connectivity index (χ2n) is 19.5. The van der Waals surface area contributed by atoms with E-state index in [-0.39, 0.29) is 153 Å². The van der Waals surface area contributed by atoms with Gasteiger partial charge in [0.1, 0.15) is 11.6 Å². The molecule has 0 aliphatic rings. The van der Waals surface area contributed by atoms with E-state index in [4.69, 9.17) is 41.7 Å². The summed E-state index contributed by atoms with van der Waals surface area (Å²) in [5.41, 5.74) is 5.54. The zero-order valence-corrected chi connectivity index (χ0v) is 59.2. The normalized spacial score (nSPS) is 11.9. The predicted octanol–water partition coefficient (Wildman–Crippen LogP) is 1.29. The van der Waals surface area contributed by atoms with Crippen molar-refractivity contribution in [2.75, 3.05) is 49.9 Å². The number of rotatable bonds is 24. The van der Waals surface area contributed by atoms with Crippen LogP contribution in [0.15, 0.2) is 60.7 Å². The summed E-state index contributed by atoms with van der Waals surface area (Å²) in [5.74, 6) is 0.0858. The van der Waals surface area contributed by atoms with Crippen molar-refractivity contribution in [1.82, 2.24) is 19.9 Å². The monoisotopic (exact) mass is 1320 g/mol. The molecule has 2 heterocycles. The average Bonchev–Trinajstić information content (AvgIpc) is 3.59. The molecule has 0 radical (unpaired) electrons. The molecule has 0 amide bonds. The molecule has 4 rings (SSSR count). The molecule has 83 heavy (non-hydrogen) atoms. The van der Waals surface area contributed by atoms with E-state index in [0.29, 0.717) is 52.5 Å². The Hall–Kier alpha value is -2.86. The Morgan fingerprint density at radius 2 is 0.988 bits per heavy atom. The number of hydrogen-bond acceptors (Lipinski definition) is 20. The van der Waals surface area contributed by atoms with Crippen LogP contribution in [-0.4, -0.2) is 145 Å². The molecule has 21 nitrogen and oxygen atoms in total. The second kappa shape index (κ2) is 50.2. The fraction of sp³-hybridized carbons (Fsp3) is 0.509. The summed E-state index contributed by atoms with van der Waals surface area (Å²) in [7, 11) is 7.36. The SMILES string of the molecule is CC(C)CCBr.CC(C)CCOC(=O)C[C@H](O)C[C@H](O)/C=C/c1c(-c2ccc(F)cc2)nc(N(C)C)nc1C(C)C.CC(C)c1nc(N(C)C)nc(-c2ccc(F)cc2)c1/C=C/[C@@H](O)C[C@@H](O)CC(=O)O.O=CO[O-].O=S=O.O=S=O.[H-].[K+].[K+]. The van der Waals surface area contributed by atoms with Crippen LogP contribution in [0.2, 0.25) is 0 Å². The van der Waals surface area contributed by atoms with Crippen LogP contribution in [0.3, 0.4) is 0 Å². The van der Waals surface area contributed by atoms with Crippen LogP contribution < -0.4 is 118 Å². The summed E-state index contributed by atoms with van der Waals surface area (Å²) < 4.78 is 65.3. The zero-order valence-electron chi connectivity index (χ0n) is 50.7. The molecule has 28 heteroatoms. The number of esters is 1. The number of nitrogens with zero attached hydrogens (tertiary/aromatic N) is 6. The fourth-order valence-corrected chi connectivity index (χ4v) is 7.50. The van der Waals surface area contributed by atoms with Crippen LogP contribution >= 0.6 is 15.9 Å². The van der Waals surface area contributed by atoms with Crippen molar-refractivity contribution < 1.29 is 185 Å². The number of aliphatic hydroxyl groups is 4. The van der Waals surface area contributed by atoms with Crippen LogP contribution in [0.25, 0.3) is 34.7 Å². The first kappa shape index (κ1) is 86.6. The van der Waals surface area contributed by atoms with Crippen molar-refractivity contribution in [2.45, 2.75) is 130 Å². The molecule has 0 unspecified atom stereocenters. The maximum absolute atomic E-state index is 13.5. The fourth-order valence-electron chi connectivity index (χ4n) is 6.59. The number of aliphatic carboxylic acids is 1. The van der Waals surface area contributed by atoms with Crippen molar-refractivity contribution in [1.29, 1.82) is 0 Å². The molecule has 0 bridgehead atoms. The quantitative estimate of drug-likeness (QED) is 0.0165. The van der Waals surface area contributed by atoms with Gasteiger partial charge in [0.25, 0.3) is 6.47 Å². The van der Waals surface area contributed by atoms with Gasteiger partial charge in [0.2, 0.25) is 11.9 Å². The molecule has 0 saturated carbocycles. The van der Waals surface area contributed by atoms with E-state index in [9.17, 15) is 38.8 Å². The Kier molecular flexibility index (Phi) is 52.3. The summed E-state index contributed by atoms with van der Waals surface area (Å²) in [6.45, 7) is 16.7. The summed E-state index contributed by atoms with van der Waals surface area (Å²) in [6.07, 6.45) is 3.51. The molecule has 0 spiro atoms. The Bertz CT molecular complexity index is 2600. The second-order valence-corrected chi connectivity index (χ2v) is 20.6. The molecule has 0 fully saturated rings. The van der Waals surface area contributed by atoms with Crippen LogP contribution in [0, 0.1) is 23.5 Å². The Morgan fingerprint density at radius 3 is 1.25 bits per heavy atom. The Labute approximate surface area is 588 Å². The number of benzene rings is 2. The minimum Gasteiger partial charge on any atom is -1.00 e. The summed E-state index contributed by atoms with van der Waals surface area (Å²) in [5, 5.41) is 59.0. The number of anilines is 2. The number of carbonyl (C=O) groups excluding carboxylic acids is 2. The van der Waals surface area contributed by atoms with Gasteiger partial charge in [-0.15, -0.1) is 0 Å². The molecule has 0 aliphatic heterocycles. The number of aliphatic hydroxyl groups excluding tert-OH is 4. The number of halogens is 3. The van der Waals surface area contributed by atoms with E-state index < -0.39 is 65.9 Å². The molecule has 0 saturated heterocycles. The summed E-state index contributed by atoms with van der Waals surface area (Å²) >= 11 is 1.85. The molecule has 454 valence electrons. The van der Waals surface area contributed by atoms with Gasteiger partial charge in [0, 0.05) is 68.6 Å². The maximum Gasteiger partial charge on any atom is 1.00 e. The van der Waals surface area contributed by atoms with Crippen molar-refractivity contribution >= 4 is 81.5 Å². The molecule has 4 atom stereocenters. The summed E-state index contributed by atoms with van der Waals surface area (Å²) in [4.78, 5) is 56.1. The minimum absolute atomic E-state index is 0. The molecular formula is C55H79BrF2K2N6O15S2. The van der Waals surface area contributed by atoms with Crippen molar-refractivity contribution in [2.24, 2.45) is 11.8 Å². The largest absolute Gasteiger partial charge is 1.00 e. The topological polar surface area (TPSA) is 320 Å². The molecule has 5 N–H and O–H groups in total. The molecular weight excluding hydrogens is 1240 g/mol. The third-order valence-electron chi connectivity index (χ3n) is 10.5. The first-order valence-corrected chi connectivity index (χ1v) is 27.8. The van der Waals surface area contributed by atoms with Crippen molar-refractivity contribution in [3.8, 4) is 22.5 Å². The van der Waals surface area contributed by atoms with E-state index in [0.717, 1.165) is 34.6 Å². The first-order valence-electron chi connectivity index (χ1n) is 25.4. The Balaban J connectivity index is -0.000000384. The third-order valence-corrected chi connectivity index (χ3v) is 11.0. The van der Waals surface area contributed by atoms with Gasteiger partial charge in [0.05, 0.1) is 66.6 Å². The number of carbonyl (C=O) groups is 3. The van der Waals surface area contributed by atoms with Gasteiger partial charge in [-0.05, 0) is 85.0 Å². The van der Waals surface area contributed by atoms with Crippen molar-refractivity contribution in [3.05, 3.63) is 94.8 Å². The number of aromatic nitrogens is 4. The van der Waals surface area contributed by atoms with Gasteiger partial charge < -0.3 is 51.6 Å².